The number of sulfonamides is 1. The monoisotopic (exact) mass is 544 g/mol. The Hall–Kier alpha value is -2.19. The second-order valence-corrected chi connectivity index (χ2v) is 12.6. The van der Waals surface area contributed by atoms with Gasteiger partial charge in [-0.3, -0.25) is 0 Å². The van der Waals surface area contributed by atoms with Gasteiger partial charge in [-0.2, -0.15) is 23.1 Å². The molecule has 3 fully saturated rings. The van der Waals surface area contributed by atoms with Crippen molar-refractivity contribution in [2.45, 2.75) is 94.6 Å². The number of rotatable bonds is 7. The minimum Gasteiger partial charge on any atom is -0.365 e. The fraction of sp³-hybridized carbons (Fsp3) is 0.783. The maximum atomic E-state index is 12.7. The van der Waals surface area contributed by atoms with E-state index >= 15 is 0 Å². The first-order chi connectivity index (χ1) is 17.6. The van der Waals surface area contributed by atoms with Gasteiger partial charge in [0.2, 0.25) is 16.0 Å². The molecule has 4 N–H and O–H groups in total. The van der Waals surface area contributed by atoms with E-state index in [1.807, 2.05) is 6.33 Å². The molecule has 0 amide bonds. The van der Waals surface area contributed by atoms with Crippen molar-refractivity contribution in [1.82, 2.24) is 23.8 Å². The summed E-state index contributed by atoms with van der Waals surface area (Å²) in [6.45, 7) is 0.0442. The van der Waals surface area contributed by atoms with Gasteiger partial charge in [0, 0.05) is 37.3 Å². The van der Waals surface area contributed by atoms with Crippen molar-refractivity contribution in [3.8, 4) is 0 Å². The molecule has 0 spiro atoms. The lowest BCUT2D eigenvalue weighted by atomic mass is 9.92. The summed E-state index contributed by atoms with van der Waals surface area (Å²) in [5.74, 6) is -0.751. The van der Waals surface area contributed by atoms with Gasteiger partial charge in [0.15, 0.2) is 22.7 Å². The molecule has 2 aromatic rings. The number of nitrogens with one attached hydrogen (secondary N) is 2. The molecule has 206 valence electrons. The number of imidazole rings is 1. The van der Waals surface area contributed by atoms with Gasteiger partial charge in [0.1, 0.15) is 0 Å². The summed E-state index contributed by atoms with van der Waals surface area (Å²) < 4.78 is 65.5. The van der Waals surface area contributed by atoms with Gasteiger partial charge in [-0.1, -0.05) is 12.8 Å². The van der Waals surface area contributed by atoms with Crippen molar-refractivity contribution >= 4 is 33.0 Å². The standard InChI is InChI=1S/C23H35F3N8O2S/c24-23(25,26)13-37(35,36)33-11-9-17(10-12-33)29-20-19-21(34(14-28-19)18-3-1-2-4-18)32-22(31-20)30-16-7-5-15(27)6-8-16/h14-18H,1-13,27H2,(H2,29,30,31,32). The quantitative estimate of drug-likeness (QED) is 0.484. The Balaban J connectivity index is 1.34. The number of halogens is 3. The van der Waals surface area contributed by atoms with E-state index in [0.717, 1.165) is 48.5 Å². The molecular formula is C23H35F3N8O2S. The first-order valence-corrected chi connectivity index (χ1v) is 14.8. The summed E-state index contributed by atoms with van der Waals surface area (Å²) >= 11 is 0. The summed E-state index contributed by atoms with van der Waals surface area (Å²) in [5.41, 5.74) is 7.46. The van der Waals surface area contributed by atoms with E-state index < -0.39 is 22.0 Å². The van der Waals surface area contributed by atoms with Crippen LogP contribution in [0.25, 0.3) is 11.2 Å². The van der Waals surface area contributed by atoms with Crippen LogP contribution in [-0.4, -0.2) is 75.4 Å². The van der Waals surface area contributed by atoms with Crippen molar-refractivity contribution in [2.75, 3.05) is 29.5 Å². The van der Waals surface area contributed by atoms with E-state index in [0.29, 0.717) is 36.2 Å². The number of nitrogens with two attached hydrogens (primary N) is 1. The molecule has 1 aliphatic heterocycles. The lowest BCUT2D eigenvalue weighted by molar-refractivity contribution is -0.107. The van der Waals surface area contributed by atoms with Crippen LogP contribution >= 0.6 is 0 Å². The van der Waals surface area contributed by atoms with Crippen LogP contribution in [0.5, 0.6) is 0 Å². The molecule has 2 aromatic heterocycles. The van der Waals surface area contributed by atoms with E-state index in [9.17, 15) is 21.6 Å². The third-order valence-corrected chi connectivity index (χ3v) is 9.62. The Kier molecular flexibility index (Phi) is 7.51. The lowest BCUT2D eigenvalue weighted by Gasteiger charge is -2.32. The molecule has 2 saturated carbocycles. The molecule has 5 rings (SSSR count). The average Bonchev–Trinajstić information content (AvgIpc) is 3.49. The molecule has 0 atom stereocenters. The Morgan fingerprint density at radius 1 is 0.946 bits per heavy atom. The zero-order valence-electron chi connectivity index (χ0n) is 20.8. The van der Waals surface area contributed by atoms with Crippen LogP contribution in [0.4, 0.5) is 24.9 Å². The third kappa shape index (κ3) is 6.28. The van der Waals surface area contributed by atoms with Crippen LogP contribution in [0.2, 0.25) is 0 Å². The van der Waals surface area contributed by atoms with Gasteiger partial charge in [0.25, 0.3) is 0 Å². The Morgan fingerprint density at radius 3 is 2.24 bits per heavy atom. The van der Waals surface area contributed by atoms with Crippen LogP contribution < -0.4 is 16.4 Å². The van der Waals surface area contributed by atoms with Gasteiger partial charge in [-0.25, -0.2) is 17.7 Å². The molecule has 3 aliphatic rings. The van der Waals surface area contributed by atoms with E-state index in [-0.39, 0.29) is 31.2 Å². The molecule has 3 heterocycles. The molecular weight excluding hydrogens is 509 g/mol. The van der Waals surface area contributed by atoms with Crippen molar-refractivity contribution in [3.05, 3.63) is 6.33 Å². The molecule has 0 unspecified atom stereocenters. The van der Waals surface area contributed by atoms with Crippen LogP contribution in [-0.2, 0) is 10.0 Å². The average molecular weight is 545 g/mol. The van der Waals surface area contributed by atoms with Crippen LogP contribution in [0, 0.1) is 0 Å². The van der Waals surface area contributed by atoms with E-state index in [1.54, 1.807) is 0 Å². The summed E-state index contributed by atoms with van der Waals surface area (Å²) in [6.07, 6.45) is 6.07. The summed E-state index contributed by atoms with van der Waals surface area (Å²) in [6, 6.07) is 0.659. The number of aromatic nitrogens is 4. The number of nitrogens with zero attached hydrogens (tertiary/aromatic N) is 5. The Labute approximate surface area is 214 Å². The molecule has 0 radical (unpaired) electrons. The minimum atomic E-state index is -4.76. The molecule has 0 bridgehead atoms. The predicted octanol–water partition coefficient (Wildman–Crippen LogP) is 3.39. The van der Waals surface area contributed by atoms with E-state index in [2.05, 4.69) is 20.2 Å². The lowest BCUT2D eigenvalue weighted by Crippen LogP contribution is -2.45. The first-order valence-electron chi connectivity index (χ1n) is 13.2. The number of fused-ring (bicyclic) bond motifs is 1. The molecule has 37 heavy (non-hydrogen) atoms. The van der Waals surface area contributed by atoms with Gasteiger partial charge in [-0.05, 0) is 51.4 Å². The Morgan fingerprint density at radius 2 is 1.59 bits per heavy atom. The highest BCUT2D eigenvalue weighted by molar-refractivity contribution is 7.89. The SMILES string of the molecule is NC1CCC(Nc2nc(NC3CCN(S(=O)(=O)CC(F)(F)F)CC3)c3ncn(C4CCCC4)c3n2)CC1. The topological polar surface area (TPSA) is 131 Å². The highest BCUT2D eigenvalue weighted by Crippen LogP contribution is 2.34. The number of piperidine rings is 1. The van der Waals surface area contributed by atoms with Gasteiger partial charge >= 0.3 is 6.18 Å². The Bertz CT molecular complexity index is 1180. The molecule has 0 aromatic carbocycles. The van der Waals surface area contributed by atoms with Crippen molar-refractivity contribution < 1.29 is 21.6 Å². The second-order valence-electron chi connectivity index (χ2n) is 10.6. The van der Waals surface area contributed by atoms with Crippen molar-refractivity contribution in [3.63, 3.8) is 0 Å². The number of anilines is 2. The number of hydrogen-bond acceptors (Lipinski definition) is 8. The zero-order chi connectivity index (χ0) is 26.2. The molecule has 10 nitrogen and oxygen atoms in total. The second kappa shape index (κ2) is 10.5. The van der Waals surface area contributed by atoms with Crippen molar-refractivity contribution in [1.29, 1.82) is 0 Å². The van der Waals surface area contributed by atoms with Gasteiger partial charge in [0.05, 0.1) is 6.33 Å². The minimum absolute atomic E-state index is 0.0221. The molecule has 1 saturated heterocycles. The maximum absolute atomic E-state index is 12.7. The fourth-order valence-electron chi connectivity index (χ4n) is 5.75. The smallest absolute Gasteiger partial charge is 0.365 e. The highest BCUT2D eigenvalue weighted by Gasteiger charge is 2.39. The van der Waals surface area contributed by atoms with Gasteiger partial charge < -0.3 is 20.9 Å². The fourth-order valence-corrected chi connectivity index (χ4v) is 7.11. The number of alkyl halides is 3. The number of hydrogen-bond donors (Lipinski definition) is 3. The van der Waals surface area contributed by atoms with Crippen LogP contribution in [0.3, 0.4) is 0 Å². The zero-order valence-corrected chi connectivity index (χ0v) is 21.6. The summed E-state index contributed by atoms with van der Waals surface area (Å²) in [7, 11) is -4.38. The first kappa shape index (κ1) is 26.4. The maximum Gasteiger partial charge on any atom is 0.404 e. The van der Waals surface area contributed by atoms with Crippen molar-refractivity contribution in [2.24, 2.45) is 5.73 Å². The van der Waals surface area contributed by atoms with E-state index in [1.165, 1.54) is 12.8 Å². The van der Waals surface area contributed by atoms with Gasteiger partial charge in [-0.15, -0.1) is 0 Å². The molecule has 14 heteroatoms. The molecule has 2 aliphatic carbocycles. The highest BCUT2D eigenvalue weighted by atomic mass is 32.2. The predicted molar refractivity (Wildman–Crippen MR) is 135 cm³/mol. The van der Waals surface area contributed by atoms with E-state index in [4.69, 9.17) is 15.7 Å². The summed E-state index contributed by atoms with van der Waals surface area (Å²) in [5, 5.41) is 6.88. The third-order valence-electron chi connectivity index (χ3n) is 7.78. The van der Waals surface area contributed by atoms with Crippen LogP contribution in [0.15, 0.2) is 6.33 Å². The largest absolute Gasteiger partial charge is 0.404 e. The normalized spacial score (nSPS) is 25.1. The van der Waals surface area contributed by atoms with Crippen LogP contribution in [0.1, 0.15) is 70.3 Å². The summed E-state index contributed by atoms with van der Waals surface area (Å²) in [4.78, 5) is 14.2.